The minimum Gasteiger partial charge on any atom is -0.351 e. The quantitative estimate of drug-likeness (QED) is 0.497. The van der Waals surface area contributed by atoms with Gasteiger partial charge in [-0.3, -0.25) is 4.79 Å². The molecule has 1 rings (SSSR count). The van der Waals surface area contributed by atoms with Crippen LogP contribution >= 0.6 is 0 Å². The van der Waals surface area contributed by atoms with Crippen molar-refractivity contribution >= 4 is 12.0 Å². The fourth-order valence-corrected chi connectivity index (χ4v) is 1.44. The Morgan fingerprint density at radius 2 is 2.00 bits per heavy atom. The molecule has 0 heterocycles. The van der Waals surface area contributed by atoms with Crippen LogP contribution in [0.1, 0.15) is 30.9 Å². The summed E-state index contributed by atoms with van der Waals surface area (Å²) in [4.78, 5) is 11.7. The summed E-state index contributed by atoms with van der Waals surface area (Å²) in [5.74, 6) is -0.361. The van der Waals surface area contributed by atoms with Crippen LogP contribution in [-0.2, 0) is 4.79 Å². The zero-order chi connectivity index (χ0) is 14.1. The van der Waals surface area contributed by atoms with Crippen LogP contribution < -0.4 is 5.32 Å². The van der Waals surface area contributed by atoms with E-state index < -0.39 is 0 Å². The number of carbonyl (C=O) groups excluding carboxylic acids is 1. The predicted octanol–water partition coefficient (Wildman–Crippen LogP) is 2.38. The lowest BCUT2D eigenvalue weighted by molar-refractivity contribution is -0.117. The van der Waals surface area contributed by atoms with Gasteiger partial charge >= 0.3 is 0 Å². The van der Waals surface area contributed by atoms with Crippen LogP contribution in [0.15, 0.2) is 29.8 Å². The van der Waals surface area contributed by atoms with E-state index in [0.29, 0.717) is 12.1 Å². The Hall–Kier alpha value is -2.59. The van der Waals surface area contributed by atoms with Crippen molar-refractivity contribution in [3.8, 4) is 12.1 Å². The van der Waals surface area contributed by atoms with Crippen LogP contribution in [-0.4, -0.2) is 12.5 Å². The third-order valence-corrected chi connectivity index (χ3v) is 2.53. The van der Waals surface area contributed by atoms with E-state index in [1.807, 2.05) is 19.1 Å². The van der Waals surface area contributed by atoms with E-state index in [1.54, 1.807) is 24.3 Å². The SMILES string of the molecule is CCCCNC(=O)/C(C#N)=C/c1ccc(C#N)cc1. The van der Waals surface area contributed by atoms with Gasteiger partial charge in [0.15, 0.2) is 0 Å². The Morgan fingerprint density at radius 1 is 1.32 bits per heavy atom. The normalized spacial score (nSPS) is 10.4. The third kappa shape index (κ3) is 4.65. The molecule has 4 heteroatoms. The van der Waals surface area contributed by atoms with Crippen LogP contribution in [0.2, 0.25) is 0 Å². The zero-order valence-electron chi connectivity index (χ0n) is 10.8. The van der Waals surface area contributed by atoms with Gasteiger partial charge in [-0.05, 0) is 30.2 Å². The summed E-state index contributed by atoms with van der Waals surface area (Å²) in [6, 6.07) is 10.6. The smallest absolute Gasteiger partial charge is 0.261 e. The van der Waals surface area contributed by atoms with Crippen LogP contribution in [0.3, 0.4) is 0 Å². The van der Waals surface area contributed by atoms with Crippen molar-refractivity contribution in [2.45, 2.75) is 19.8 Å². The summed E-state index contributed by atoms with van der Waals surface area (Å²) < 4.78 is 0. The lowest BCUT2D eigenvalue weighted by atomic mass is 10.1. The van der Waals surface area contributed by atoms with Crippen molar-refractivity contribution in [1.29, 1.82) is 10.5 Å². The molecular formula is C15H15N3O. The first-order chi connectivity index (χ1) is 9.21. The molecule has 19 heavy (non-hydrogen) atoms. The summed E-state index contributed by atoms with van der Waals surface area (Å²) in [6.07, 6.45) is 3.39. The standard InChI is InChI=1S/C15H15N3O/c1-2-3-8-18-15(19)14(11-17)9-12-4-6-13(10-16)7-5-12/h4-7,9H,2-3,8H2,1H3,(H,18,19)/b14-9+. The average Bonchev–Trinajstić information content (AvgIpc) is 2.45. The van der Waals surface area contributed by atoms with E-state index in [2.05, 4.69) is 5.32 Å². The van der Waals surface area contributed by atoms with E-state index in [-0.39, 0.29) is 11.5 Å². The molecular weight excluding hydrogens is 238 g/mol. The van der Waals surface area contributed by atoms with Crippen molar-refractivity contribution in [3.05, 3.63) is 41.0 Å². The summed E-state index contributed by atoms with van der Waals surface area (Å²) in [6.45, 7) is 2.60. The highest BCUT2D eigenvalue weighted by Crippen LogP contribution is 2.08. The molecule has 0 spiro atoms. The molecule has 0 unspecified atom stereocenters. The monoisotopic (exact) mass is 253 g/mol. The molecule has 0 saturated heterocycles. The van der Waals surface area contributed by atoms with E-state index in [4.69, 9.17) is 10.5 Å². The Balaban J connectivity index is 2.78. The molecule has 1 aromatic rings. The molecule has 96 valence electrons. The lowest BCUT2D eigenvalue weighted by Crippen LogP contribution is -2.25. The van der Waals surface area contributed by atoms with Crippen molar-refractivity contribution in [2.24, 2.45) is 0 Å². The van der Waals surface area contributed by atoms with Gasteiger partial charge in [-0.15, -0.1) is 0 Å². The molecule has 0 saturated carbocycles. The number of nitrogens with one attached hydrogen (secondary N) is 1. The van der Waals surface area contributed by atoms with Crippen LogP contribution in [0.25, 0.3) is 6.08 Å². The molecule has 0 aliphatic carbocycles. The van der Waals surface area contributed by atoms with Gasteiger partial charge < -0.3 is 5.32 Å². The van der Waals surface area contributed by atoms with Gasteiger partial charge in [0.2, 0.25) is 0 Å². The molecule has 4 nitrogen and oxygen atoms in total. The number of carbonyl (C=O) groups is 1. The highest BCUT2D eigenvalue weighted by Gasteiger charge is 2.07. The largest absolute Gasteiger partial charge is 0.351 e. The maximum Gasteiger partial charge on any atom is 0.261 e. The molecule has 0 bridgehead atoms. The van der Waals surface area contributed by atoms with Gasteiger partial charge in [-0.25, -0.2) is 0 Å². The van der Waals surface area contributed by atoms with Gasteiger partial charge in [-0.2, -0.15) is 10.5 Å². The van der Waals surface area contributed by atoms with Crippen molar-refractivity contribution in [3.63, 3.8) is 0 Å². The average molecular weight is 253 g/mol. The number of hydrogen-bond donors (Lipinski definition) is 1. The van der Waals surface area contributed by atoms with E-state index in [0.717, 1.165) is 18.4 Å². The number of nitriles is 2. The molecule has 0 aromatic heterocycles. The fourth-order valence-electron chi connectivity index (χ4n) is 1.44. The predicted molar refractivity (Wildman–Crippen MR) is 72.7 cm³/mol. The van der Waals surface area contributed by atoms with Gasteiger partial charge in [0.25, 0.3) is 5.91 Å². The minimum absolute atomic E-state index is 0.0702. The Bertz CT molecular complexity index is 544. The number of nitrogens with zero attached hydrogens (tertiary/aromatic N) is 2. The molecule has 0 atom stereocenters. The van der Waals surface area contributed by atoms with Crippen molar-refractivity contribution in [1.82, 2.24) is 5.32 Å². The molecule has 0 aliphatic heterocycles. The second kappa shape index (κ2) is 7.68. The second-order valence-corrected chi connectivity index (χ2v) is 4.01. The summed E-state index contributed by atoms with van der Waals surface area (Å²) in [5, 5.41) is 20.4. The van der Waals surface area contributed by atoms with Gasteiger partial charge in [-0.1, -0.05) is 25.5 Å². The minimum atomic E-state index is -0.361. The summed E-state index contributed by atoms with van der Waals surface area (Å²) >= 11 is 0. The van der Waals surface area contributed by atoms with Gasteiger partial charge in [0, 0.05) is 6.54 Å². The Morgan fingerprint density at radius 3 is 2.53 bits per heavy atom. The molecule has 0 aliphatic rings. The number of unbranched alkanes of at least 4 members (excludes halogenated alkanes) is 1. The topological polar surface area (TPSA) is 76.7 Å². The Labute approximate surface area is 113 Å². The number of hydrogen-bond acceptors (Lipinski definition) is 3. The number of amides is 1. The summed E-state index contributed by atoms with van der Waals surface area (Å²) in [5.41, 5.74) is 1.34. The summed E-state index contributed by atoms with van der Waals surface area (Å²) in [7, 11) is 0. The number of rotatable bonds is 5. The van der Waals surface area contributed by atoms with E-state index in [1.165, 1.54) is 6.08 Å². The molecule has 0 fully saturated rings. The van der Waals surface area contributed by atoms with Crippen LogP contribution in [0.5, 0.6) is 0 Å². The van der Waals surface area contributed by atoms with Crippen LogP contribution in [0, 0.1) is 22.7 Å². The molecule has 0 radical (unpaired) electrons. The maximum absolute atomic E-state index is 11.7. The third-order valence-electron chi connectivity index (χ3n) is 2.53. The zero-order valence-corrected chi connectivity index (χ0v) is 10.8. The first-order valence-corrected chi connectivity index (χ1v) is 6.11. The van der Waals surface area contributed by atoms with E-state index >= 15 is 0 Å². The van der Waals surface area contributed by atoms with Gasteiger partial charge in [0.1, 0.15) is 11.6 Å². The first kappa shape index (κ1) is 14.5. The highest BCUT2D eigenvalue weighted by atomic mass is 16.1. The lowest BCUT2D eigenvalue weighted by Gasteiger charge is -2.02. The Kier molecular flexibility index (Phi) is 5.85. The van der Waals surface area contributed by atoms with E-state index in [9.17, 15) is 4.79 Å². The van der Waals surface area contributed by atoms with Gasteiger partial charge in [0.05, 0.1) is 11.6 Å². The van der Waals surface area contributed by atoms with Crippen molar-refractivity contribution in [2.75, 3.05) is 6.54 Å². The molecule has 1 aromatic carbocycles. The number of benzene rings is 1. The second-order valence-electron chi connectivity index (χ2n) is 4.01. The first-order valence-electron chi connectivity index (χ1n) is 6.11. The van der Waals surface area contributed by atoms with Crippen molar-refractivity contribution < 1.29 is 4.79 Å². The van der Waals surface area contributed by atoms with Crippen LogP contribution in [0.4, 0.5) is 0 Å². The maximum atomic E-state index is 11.7. The molecule has 1 N–H and O–H groups in total. The highest BCUT2D eigenvalue weighted by molar-refractivity contribution is 6.01. The molecule has 1 amide bonds. The fraction of sp³-hybridized carbons (Fsp3) is 0.267.